The smallest absolute Gasteiger partial charge is 0.170 e. The summed E-state index contributed by atoms with van der Waals surface area (Å²) in [6.07, 6.45) is 3.38. The first-order valence-electron chi connectivity index (χ1n) is 20.8. The molecule has 2 aromatic heterocycles. The van der Waals surface area contributed by atoms with Crippen molar-refractivity contribution in [1.29, 1.82) is 0 Å². The molecule has 2 heterocycles. The average molecular weight is 853 g/mol. The Labute approximate surface area is 377 Å². The van der Waals surface area contributed by atoms with Crippen molar-refractivity contribution in [3.05, 3.63) is 264 Å². The van der Waals surface area contributed by atoms with Gasteiger partial charge in [0.25, 0.3) is 0 Å². The van der Waals surface area contributed by atoms with Crippen LogP contribution in [0, 0.1) is 0 Å². The minimum absolute atomic E-state index is 0.0754. The van der Waals surface area contributed by atoms with Crippen LogP contribution in [0.25, 0.3) is 21.8 Å². The molecule has 65 heavy (non-hydrogen) atoms. The maximum Gasteiger partial charge on any atom is 0.170 e. The molecule has 0 unspecified atom stereocenters. The van der Waals surface area contributed by atoms with Gasteiger partial charge in [-0.15, -0.1) is 0 Å². The zero-order valence-electron chi connectivity index (χ0n) is 35.4. The fraction of sp³-hybridized carbons (Fsp3) is 0.0526. The van der Waals surface area contributed by atoms with Gasteiger partial charge in [0.05, 0.1) is 30.3 Å². The van der Waals surface area contributed by atoms with E-state index >= 15 is 0 Å². The lowest BCUT2D eigenvalue weighted by atomic mass is 10.0. The molecule has 0 atom stereocenters. The molecule has 0 aliphatic rings. The van der Waals surface area contributed by atoms with E-state index in [2.05, 4.69) is 34.2 Å². The number of carbonyl (C=O) groups is 6. The van der Waals surface area contributed by atoms with Crippen molar-refractivity contribution in [3.8, 4) is 0 Å². The van der Waals surface area contributed by atoms with Crippen molar-refractivity contribution in [3.63, 3.8) is 0 Å². The lowest BCUT2D eigenvalue weighted by molar-refractivity contribution is 0.0878. The number of aromatic nitrogens is 2. The molecule has 0 saturated heterocycles. The zero-order valence-corrected chi connectivity index (χ0v) is 35.4. The SMILES string of the molecule is O=C(CC(=O)c1ccccc1)c1ccccc1.O=C(CC(=O)c1ccccc1)c1ccccc1.O=C(CC(=O)c1ccccc1)c1ccccc1.c1cnc2c(c1)ccc1cccnc12. The van der Waals surface area contributed by atoms with E-state index in [1.807, 2.05) is 48.5 Å². The van der Waals surface area contributed by atoms with Crippen molar-refractivity contribution in [2.24, 2.45) is 0 Å². The molecule has 9 rings (SSSR count). The third-order valence-corrected chi connectivity index (χ3v) is 9.88. The van der Waals surface area contributed by atoms with Crippen LogP contribution in [0.1, 0.15) is 81.4 Å². The standard InChI is InChI=1S/3C15H12O2.C12H8N2/c3*16-14(12-7-3-1-4-8-12)11-15(17)13-9-5-2-6-10-13;1-3-9-5-6-10-4-2-8-14-12(10)11(9)13-7-1/h3*1-10H,11H2;1-8H. The van der Waals surface area contributed by atoms with Gasteiger partial charge in [-0.2, -0.15) is 0 Å². The van der Waals surface area contributed by atoms with Gasteiger partial charge in [-0.1, -0.05) is 206 Å². The second-order valence-corrected chi connectivity index (χ2v) is 14.5. The first kappa shape index (κ1) is 45.9. The average Bonchev–Trinajstić information content (AvgIpc) is 3.38. The monoisotopic (exact) mass is 852 g/mol. The fourth-order valence-corrected chi connectivity index (χ4v) is 6.47. The molecule has 8 nitrogen and oxygen atoms in total. The summed E-state index contributed by atoms with van der Waals surface area (Å²) < 4.78 is 0. The number of rotatable bonds is 12. The normalized spacial score (nSPS) is 10.1. The molecule has 0 bridgehead atoms. The van der Waals surface area contributed by atoms with E-state index < -0.39 is 0 Å². The molecule has 9 aromatic rings. The van der Waals surface area contributed by atoms with Gasteiger partial charge in [-0.25, -0.2) is 0 Å². The fourth-order valence-electron chi connectivity index (χ4n) is 6.47. The maximum atomic E-state index is 11.8. The Morgan fingerprint density at radius 3 is 0.646 bits per heavy atom. The lowest BCUT2D eigenvalue weighted by Gasteiger charge is -2.00. The third kappa shape index (κ3) is 13.9. The summed E-state index contributed by atoms with van der Waals surface area (Å²) in [4.78, 5) is 79.5. The predicted octanol–water partition coefficient (Wildman–Crippen LogP) is 12.2. The summed E-state index contributed by atoms with van der Waals surface area (Å²) in [5, 5.41) is 2.28. The molecule has 0 fully saturated rings. The van der Waals surface area contributed by atoms with Gasteiger partial charge in [0, 0.05) is 56.5 Å². The van der Waals surface area contributed by atoms with Gasteiger partial charge in [0.15, 0.2) is 34.7 Å². The van der Waals surface area contributed by atoms with Crippen LogP contribution in [0.15, 0.2) is 231 Å². The summed E-state index contributed by atoms with van der Waals surface area (Å²) in [5.74, 6) is -0.836. The highest BCUT2D eigenvalue weighted by atomic mass is 16.2. The minimum atomic E-state index is -0.139. The molecular formula is C57H44N2O6. The van der Waals surface area contributed by atoms with Gasteiger partial charge < -0.3 is 0 Å². The Bertz CT molecular complexity index is 2540. The van der Waals surface area contributed by atoms with Gasteiger partial charge >= 0.3 is 0 Å². The van der Waals surface area contributed by atoms with Gasteiger partial charge in [-0.3, -0.25) is 38.7 Å². The quantitative estimate of drug-likeness (QED) is 0.0675. The van der Waals surface area contributed by atoms with Crippen molar-refractivity contribution in [1.82, 2.24) is 9.97 Å². The van der Waals surface area contributed by atoms with E-state index in [4.69, 9.17) is 0 Å². The van der Waals surface area contributed by atoms with E-state index in [1.165, 1.54) is 0 Å². The first-order chi connectivity index (χ1) is 31.8. The highest BCUT2D eigenvalue weighted by Crippen LogP contribution is 2.21. The first-order valence-corrected chi connectivity index (χ1v) is 20.8. The van der Waals surface area contributed by atoms with Gasteiger partial charge in [0.2, 0.25) is 0 Å². The Balaban J connectivity index is 0.000000144. The second-order valence-electron chi connectivity index (χ2n) is 14.5. The Kier molecular flexibility index (Phi) is 17.0. The topological polar surface area (TPSA) is 128 Å². The van der Waals surface area contributed by atoms with E-state index in [1.54, 1.807) is 158 Å². The van der Waals surface area contributed by atoms with Crippen molar-refractivity contribution < 1.29 is 28.8 Å². The number of Topliss-reactive ketones (excluding diaryl/α,β-unsaturated/α-hetero) is 6. The van der Waals surface area contributed by atoms with Crippen molar-refractivity contribution in [2.45, 2.75) is 19.3 Å². The molecule has 0 radical (unpaired) electrons. The lowest BCUT2D eigenvalue weighted by Crippen LogP contribution is -2.08. The number of nitrogens with zero attached hydrogens (tertiary/aromatic N) is 2. The van der Waals surface area contributed by atoms with E-state index in [-0.39, 0.29) is 54.0 Å². The number of hydrogen-bond donors (Lipinski definition) is 0. The second kappa shape index (κ2) is 24.1. The van der Waals surface area contributed by atoms with Crippen LogP contribution in [-0.4, -0.2) is 44.7 Å². The number of fused-ring (bicyclic) bond motifs is 3. The van der Waals surface area contributed by atoms with Gasteiger partial charge in [0.1, 0.15) is 0 Å². The van der Waals surface area contributed by atoms with Crippen LogP contribution < -0.4 is 0 Å². The largest absolute Gasteiger partial charge is 0.294 e. The summed E-state index contributed by atoms with van der Waals surface area (Å²) in [5.41, 5.74) is 5.44. The van der Waals surface area contributed by atoms with E-state index in [0.29, 0.717) is 33.4 Å². The van der Waals surface area contributed by atoms with E-state index in [0.717, 1.165) is 21.8 Å². The molecule has 318 valence electrons. The molecule has 0 N–H and O–H groups in total. The number of pyridine rings is 2. The molecule has 7 aromatic carbocycles. The number of hydrogen-bond acceptors (Lipinski definition) is 8. The highest BCUT2D eigenvalue weighted by Gasteiger charge is 2.15. The third-order valence-electron chi connectivity index (χ3n) is 9.88. The Morgan fingerprint density at radius 1 is 0.246 bits per heavy atom. The van der Waals surface area contributed by atoms with Gasteiger partial charge in [-0.05, 0) is 12.1 Å². The molecule has 0 spiro atoms. The number of carbonyl (C=O) groups excluding carboxylic acids is 6. The number of ketones is 6. The van der Waals surface area contributed by atoms with Crippen LogP contribution >= 0.6 is 0 Å². The summed E-state index contributed by atoms with van der Waals surface area (Å²) >= 11 is 0. The Morgan fingerprint density at radius 2 is 0.446 bits per heavy atom. The number of benzene rings is 7. The summed E-state index contributed by atoms with van der Waals surface area (Å²) in [6.45, 7) is 0. The molecule has 8 heteroatoms. The zero-order chi connectivity index (χ0) is 45.6. The van der Waals surface area contributed by atoms with Crippen molar-refractivity contribution >= 4 is 56.5 Å². The van der Waals surface area contributed by atoms with Crippen LogP contribution in [0.3, 0.4) is 0 Å². The predicted molar refractivity (Wildman–Crippen MR) is 256 cm³/mol. The van der Waals surface area contributed by atoms with Crippen LogP contribution in [0.4, 0.5) is 0 Å². The molecular weight excluding hydrogens is 809 g/mol. The van der Waals surface area contributed by atoms with Crippen molar-refractivity contribution in [2.75, 3.05) is 0 Å². The highest BCUT2D eigenvalue weighted by molar-refractivity contribution is 6.15. The van der Waals surface area contributed by atoms with Crippen LogP contribution in [0.2, 0.25) is 0 Å². The molecule has 0 aliphatic carbocycles. The minimum Gasteiger partial charge on any atom is -0.294 e. The molecule has 0 saturated carbocycles. The summed E-state index contributed by atoms with van der Waals surface area (Å²) in [6, 6.07) is 65.4. The van der Waals surface area contributed by atoms with Crippen LogP contribution in [-0.2, 0) is 0 Å². The summed E-state index contributed by atoms with van der Waals surface area (Å²) in [7, 11) is 0. The van der Waals surface area contributed by atoms with E-state index in [9.17, 15) is 28.8 Å². The Hall–Kier alpha value is -8.62. The molecule has 0 aliphatic heterocycles. The molecule has 0 amide bonds. The maximum absolute atomic E-state index is 11.8. The van der Waals surface area contributed by atoms with Crippen LogP contribution in [0.5, 0.6) is 0 Å².